The van der Waals surface area contributed by atoms with E-state index >= 15 is 0 Å². The first-order valence-electron chi connectivity index (χ1n) is 7.96. The molecule has 2 rings (SSSR count). The van der Waals surface area contributed by atoms with Gasteiger partial charge in [0.25, 0.3) is 0 Å². The number of esters is 1. The highest BCUT2D eigenvalue weighted by molar-refractivity contribution is 5.99. The van der Waals surface area contributed by atoms with Gasteiger partial charge in [-0.15, -0.1) is 0 Å². The maximum Gasteiger partial charge on any atom is 0.417 e. The molecule has 0 saturated carbocycles. The maximum absolute atomic E-state index is 12.6. The fraction of sp³-hybridized carbons (Fsp3) is 0.529. The van der Waals surface area contributed by atoms with E-state index in [1.54, 1.807) is 26.8 Å². The first-order valence-corrected chi connectivity index (χ1v) is 7.96. The van der Waals surface area contributed by atoms with Gasteiger partial charge in [-0.05, 0) is 38.8 Å². The molecule has 0 bridgehead atoms. The number of nitrogens with zero attached hydrogens (tertiary/aromatic N) is 1. The molecule has 6 nitrogen and oxygen atoms in total. The largest absolute Gasteiger partial charge is 0.462 e. The average molecular weight is 321 g/mol. The van der Waals surface area contributed by atoms with E-state index in [9.17, 15) is 9.59 Å². The summed E-state index contributed by atoms with van der Waals surface area (Å²) < 4.78 is 16.1. The molecule has 1 heterocycles. The van der Waals surface area contributed by atoms with Crippen LogP contribution in [-0.2, 0) is 25.4 Å². The zero-order chi connectivity index (χ0) is 16.9. The van der Waals surface area contributed by atoms with Crippen molar-refractivity contribution in [1.29, 1.82) is 0 Å². The number of benzene rings is 1. The Morgan fingerprint density at radius 1 is 1.09 bits per heavy atom. The van der Waals surface area contributed by atoms with Crippen LogP contribution in [0, 0.1) is 0 Å². The van der Waals surface area contributed by atoms with Crippen LogP contribution in [0.1, 0.15) is 32.8 Å². The highest BCUT2D eigenvalue weighted by Crippen LogP contribution is 2.39. The molecule has 1 unspecified atom stereocenters. The van der Waals surface area contributed by atoms with Crippen LogP contribution in [0.15, 0.2) is 24.3 Å². The van der Waals surface area contributed by atoms with Gasteiger partial charge in [-0.3, -0.25) is 0 Å². The second kappa shape index (κ2) is 7.46. The first-order chi connectivity index (χ1) is 11.1. The van der Waals surface area contributed by atoms with Crippen LogP contribution < -0.4 is 4.90 Å². The van der Waals surface area contributed by atoms with Crippen molar-refractivity contribution in [3.05, 3.63) is 29.8 Å². The van der Waals surface area contributed by atoms with E-state index in [1.165, 1.54) is 4.90 Å². The van der Waals surface area contributed by atoms with Crippen molar-refractivity contribution in [3.8, 4) is 0 Å². The number of anilines is 1. The first kappa shape index (κ1) is 17.3. The molecule has 0 aliphatic carbocycles. The third kappa shape index (κ3) is 3.17. The van der Waals surface area contributed by atoms with Gasteiger partial charge >= 0.3 is 12.1 Å². The SMILES string of the molecule is CCOC(=O)N1c2ccccc2CCC1(OCC)C(=O)OCC. The van der Waals surface area contributed by atoms with Crippen molar-refractivity contribution in [2.24, 2.45) is 0 Å². The summed E-state index contributed by atoms with van der Waals surface area (Å²) in [5.41, 5.74) is 0.115. The van der Waals surface area contributed by atoms with Gasteiger partial charge in [-0.25, -0.2) is 14.5 Å². The van der Waals surface area contributed by atoms with Crippen LogP contribution in [0.25, 0.3) is 0 Å². The topological polar surface area (TPSA) is 65.1 Å². The summed E-state index contributed by atoms with van der Waals surface area (Å²) in [5.74, 6) is -0.565. The lowest BCUT2D eigenvalue weighted by atomic mass is 9.93. The van der Waals surface area contributed by atoms with Crippen LogP contribution in [0.3, 0.4) is 0 Å². The minimum absolute atomic E-state index is 0.211. The number of carbonyl (C=O) groups excluding carboxylic acids is 2. The number of rotatable bonds is 5. The van der Waals surface area contributed by atoms with Gasteiger partial charge in [0.15, 0.2) is 0 Å². The Hall–Kier alpha value is -2.08. The summed E-state index contributed by atoms with van der Waals surface area (Å²) >= 11 is 0. The van der Waals surface area contributed by atoms with Gasteiger partial charge in [0.05, 0.1) is 18.9 Å². The van der Waals surface area contributed by atoms with E-state index in [0.29, 0.717) is 18.5 Å². The summed E-state index contributed by atoms with van der Waals surface area (Å²) in [6.45, 7) is 5.93. The highest BCUT2D eigenvalue weighted by atomic mass is 16.6. The Morgan fingerprint density at radius 3 is 2.43 bits per heavy atom. The van der Waals surface area contributed by atoms with Gasteiger partial charge in [-0.2, -0.15) is 0 Å². The zero-order valence-electron chi connectivity index (χ0n) is 13.8. The minimum Gasteiger partial charge on any atom is -0.462 e. The standard InChI is InChI=1S/C17H23NO5/c1-4-21-15(19)17(23-6-3)12-11-13-9-7-8-10-14(13)18(17)16(20)22-5-2/h7-10H,4-6,11-12H2,1-3H3. The number of hydrogen-bond acceptors (Lipinski definition) is 5. The molecule has 1 aliphatic rings. The molecule has 1 atom stereocenters. The Balaban J connectivity index is 2.54. The quantitative estimate of drug-likeness (QED) is 0.780. The molecule has 1 amide bonds. The monoisotopic (exact) mass is 321 g/mol. The predicted octanol–water partition coefficient (Wildman–Crippen LogP) is 2.89. The van der Waals surface area contributed by atoms with Gasteiger partial charge in [0.2, 0.25) is 5.72 Å². The summed E-state index contributed by atoms with van der Waals surface area (Å²) in [7, 11) is 0. The lowest BCUT2D eigenvalue weighted by Gasteiger charge is -2.43. The lowest BCUT2D eigenvalue weighted by molar-refractivity contribution is -0.173. The third-order valence-corrected chi connectivity index (χ3v) is 3.75. The van der Waals surface area contributed by atoms with Crippen LogP contribution in [0.2, 0.25) is 0 Å². The molecule has 0 spiro atoms. The number of fused-ring (bicyclic) bond motifs is 1. The van der Waals surface area contributed by atoms with Gasteiger partial charge < -0.3 is 14.2 Å². The number of carbonyl (C=O) groups is 2. The molecule has 0 fully saturated rings. The van der Waals surface area contributed by atoms with E-state index in [0.717, 1.165) is 5.56 Å². The van der Waals surface area contributed by atoms with E-state index in [4.69, 9.17) is 14.2 Å². The molecule has 0 radical (unpaired) electrons. The Morgan fingerprint density at radius 2 is 1.78 bits per heavy atom. The van der Waals surface area contributed by atoms with Crippen LogP contribution in [0.4, 0.5) is 10.5 Å². The van der Waals surface area contributed by atoms with Crippen molar-refractivity contribution in [2.45, 2.75) is 39.3 Å². The summed E-state index contributed by atoms with van der Waals surface area (Å²) in [4.78, 5) is 26.5. The Bertz CT molecular complexity index is 574. The van der Waals surface area contributed by atoms with Gasteiger partial charge in [0, 0.05) is 13.0 Å². The fourth-order valence-electron chi connectivity index (χ4n) is 2.86. The molecule has 126 valence electrons. The summed E-state index contributed by atoms with van der Waals surface area (Å²) in [6.07, 6.45) is 0.335. The minimum atomic E-state index is -1.48. The Labute approximate surface area is 136 Å². The second-order valence-electron chi connectivity index (χ2n) is 5.10. The fourth-order valence-corrected chi connectivity index (χ4v) is 2.86. The molecule has 1 aromatic carbocycles. The van der Waals surface area contributed by atoms with Gasteiger partial charge in [0.1, 0.15) is 0 Å². The van der Waals surface area contributed by atoms with Crippen LogP contribution >= 0.6 is 0 Å². The van der Waals surface area contributed by atoms with E-state index < -0.39 is 17.8 Å². The van der Waals surface area contributed by atoms with Crippen molar-refractivity contribution in [2.75, 3.05) is 24.7 Å². The molecule has 0 N–H and O–H groups in total. The van der Waals surface area contributed by atoms with E-state index in [-0.39, 0.29) is 19.8 Å². The smallest absolute Gasteiger partial charge is 0.417 e. The molecule has 1 aromatic rings. The number of aryl methyl sites for hydroxylation is 1. The van der Waals surface area contributed by atoms with Crippen molar-refractivity contribution in [1.82, 2.24) is 0 Å². The van der Waals surface area contributed by atoms with Crippen molar-refractivity contribution in [3.63, 3.8) is 0 Å². The normalized spacial score (nSPS) is 19.9. The second-order valence-corrected chi connectivity index (χ2v) is 5.10. The predicted molar refractivity (Wildman–Crippen MR) is 85.3 cm³/mol. The van der Waals surface area contributed by atoms with Crippen LogP contribution in [0.5, 0.6) is 0 Å². The third-order valence-electron chi connectivity index (χ3n) is 3.75. The van der Waals surface area contributed by atoms with Crippen LogP contribution in [-0.4, -0.2) is 37.6 Å². The summed E-state index contributed by atoms with van der Waals surface area (Å²) in [5, 5.41) is 0. The number of amides is 1. The van der Waals surface area contributed by atoms with E-state index in [2.05, 4.69) is 0 Å². The van der Waals surface area contributed by atoms with E-state index in [1.807, 2.05) is 18.2 Å². The van der Waals surface area contributed by atoms with Gasteiger partial charge in [-0.1, -0.05) is 18.2 Å². The molecule has 6 heteroatoms. The number of hydrogen-bond donors (Lipinski definition) is 0. The number of ether oxygens (including phenoxy) is 3. The molecule has 23 heavy (non-hydrogen) atoms. The lowest BCUT2D eigenvalue weighted by Crippen LogP contribution is -2.62. The average Bonchev–Trinajstić information content (AvgIpc) is 2.55. The molecular formula is C17H23NO5. The summed E-state index contributed by atoms with van der Waals surface area (Å²) in [6, 6.07) is 7.44. The molecule has 0 saturated heterocycles. The molecule has 0 aromatic heterocycles. The Kier molecular flexibility index (Phi) is 5.60. The maximum atomic E-state index is 12.6. The molecular weight excluding hydrogens is 298 g/mol. The zero-order valence-corrected chi connectivity index (χ0v) is 13.8. The van der Waals surface area contributed by atoms with Crippen molar-refractivity contribution >= 4 is 17.7 Å². The highest BCUT2D eigenvalue weighted by Gasteiger charge is 2.53. The van der Waals surface area contributed by atoms with Crippen molar-refractivity contribution < 1.29 is 23.8 Å². The molecule has 1 aliphatic heterocycles. The number of para-hydroxylation sites is 1.